The van der Waals surface area contributed by atoms with Crippen molar-refractivity contribution in [2.24, 2.45) is 0 Å². The third-order valence-electron chi connectivity index (χ3n) is 4.43. The van der Waals surface area contributed by atoms with Crippen molar-refractivity contribution < 1.29 is 9.59 Å². The van der Waals surface area contributed by atoms with E-state index in [9.17, 15) is 9.59 Å². The Hall–Kier alpha value is -1.39. The summed E-state index contributed by atoms with van der Waals surface area (Å²) in [5.41, 5.74) is 1.09. The van der Waals surface area contributed by atoms with Gasteiger partial charge in [0.1, 0.15) is 0 Å². The van der Waals surface area contributed by atoms with Crippen LogP contribution >= 0.6 is 12.4 Å². The van der Waals surface area contributed by atoms with Crippen molar-refractivity contribution in [3.63, 3.8) is 0 Å². The maximum absolute atomic E-state index is 12.9. The summed E-state index contributed by atoms with van der Waals surface area (Å²) in [6.45, 7) is 3.36. The Bertz CT molecular complexity index is 533. The molecule has 0 spiro atoms. The van der Waals surface area contributed by atoms with Crippen LogP contribution in [0.1, 0.15) is 46.9 Å². The zero-order chi connectivity index (χ0) is 14.1. The highest BCUT2D eigenvalue weighted by molar-refractivity contribution is 6.07. The molecule has 2 bridgehead atoms. The van der Waals surface area contributed by atoms with Gasteiger partial charge in [0.05, 0.1) is 5.56 Å². The van der Waals surface area contributed by atoms with E-state index in [1.165, 1.54) is 6.92 Å². The Kier molecular flexibility index (Phi) is 5.01. The van der Waals surface area contributed by atoms with E-state index in [0.717, 1.165) is 32.4 Å². The van der Waals surface area contributed by atoms with Crippen molar-refractivity contribution >= 4 is 24.1 Å². The maximum Gasteiger partial charge on any atom is 0.255 e. The normalized spacial score (nSPS) is 24.1. The molecular weight excluding hydrogens is 288 g/mol. The van der Waals surface area contributed by atoms with Gasteiger partial charge in [0.15, 0.2) is 5.78 Å². The molecule has 0 saturated carbocycles. The number of Topliss-reactive ketones (excluding diaryl/α,β-unsaturated/α-hetero) is 1. The number of ketones is 1. The second-order valence-electron chi connectivity index (χ2n) is 5.69. The van der Waals surface area contributed by atoms with Crippen molar-refractivity contribution in [2.75, 3.05) is 13.1 Å². The SMILES string of the molecule is CC(=O)c1ccccc1C(=O)N1C2CCNCC1CC2.Cl. The van der Waals surface area contributed by atoms with Gasteiger partial charge in [-0.1, -0.05) is 18.2 Å². The predicted molar refractivity (Wildman–Crippen MR) is 84.2 cm³/mol. The minimum atomic E-state index is -0.0470. The molecule has 0 aliphatic carbocycles. The Labute approximate surface area is 131 Å². The van der Waals surface area contributed by atoms with Gasteiger partial charge in [-0.15, -0.1) is 12.4 Å². The molecule has 2 saturated heterocycles. The number of amides is 1. The number of benzene rings is 1. The number of carbonyl (C=O) groups excluding carboxylic acids is 2. The number of rotatable bonds is 2. The van der Waals surface area contributed by atoms with Gasteiger partial charge in [0, 0.05) is 24.2 Å². The Morgan fingerprint density at radius 1 is 1.10 bits per heavy atom. The fourth-order valence-electron chi connectivity index (χ4n) is 3.43. The van der Waals surface area contributed by atoms with Crippen LogP contribution in [0.2, 0.25) is 0 Å². The van der Waals surface area contributed by atoms with Gasteiger partial charge in [0.25, 0.3) is 5.91 Å². The lowest BCUT2D eigenvalue weighted by molar-refractivity contribution is 0.0676. The van der Waals surface area contributed by atoms with Crippen molar-refractivity contribution in [3.8, 4) is 0 Å². The number of fused-ring (bicyclic) bond motifs is 2. The first-order valence-corrected chi connectivity index (χ1v) is 7.32. The molecule has 2 atom stereocenters. The summed E-state index contributed by atoms with van der Waals surface area (Å²) in [7, 11) is 0. The number of carbonyl (C=O) groups is 2. The Morgan fingerprint density at radius 3 is 2.48 bits per heavy atom. The molecule has 2 unspecified atom stereocenters. The fraction of sp³-hybridized carbons (Fsp3) is 0.500. The lowest BCUT2D eigenvalue weighted by atomic mass is 10.0. The first-order chi connectivity index (χ1) is 9.68. The molecule has 1 aromatic rings. The second kappa shape index (κ2) is 6.58. The average molecular weight is 309 g/mol. The van der Waals surface area contributed by atoms with E-state index in [4.69, 9.17) is 0 Å². The van der Waals surface area contributed by atoms with Crippen molar-refractivity contribution in [1.82, 2.24) is 10.2 Å². The summed E-state index contributed by atoms with van der Waals surface area (Å²) >= 11 is 0. The maximum atomic E-state index is 12.9. The van der Waals surface area contributed by atoms with E-state index < -0.39 is 0 Å². The quantitative estimate of drug-likeness (QED) is 0.853. The highest BCUT2D eigenvalue weighted by atomic mass is 35.5. The third kappa shape index (κ3) is 2.97. The summed E-state index contributed by atoms with van der Waals surface area (Å²) in [6, 6.07) is 7.76. The van der Waals surface area contributed by atoms with Crippen LogP contribution in [0.3, 0.4) is 0 Å². The molecule has 2 aliphatic heterocycles. The van der Waals surface area contributed by atoms with Gasteiger partial charge in [-0.2, -0.15) is 0 Å². The van der Waals surface area contributed by atoms with Gasteiger partial charge in [0.2, 0.25) is 0 Å². The summed E-state index contributed by atoms with van der Waals surface area (Å²) in [5.74, 6) is -0.0266. The Balaban J connectivity index is 0.00000161. The van der Waals surface area contributed by atoms with E-state index in [1.807, 2.05) is 17.0 Å². The molecule has 4 nitrogen and oxygen atoms in total. The van der Waals surface area contributed by atoms with Crippen molar-refractivity contribution in [2.45, 2.75) is 38.3 Å². The minimum Gasteiger partial charge on any atom is -0.331 e. The molecule has 0 aromatic heterocycles. The van der Waals surface area contributed by atoms with Crippen LogP contribution in [-0.4, -0.2) is 41.8 Å². The molecule has 3 rings (SSSR count). The molecule has 5 heteroatoms. The molecule has 0 radical (unpaired) electrons. The summed E-state index contributed by atoms with van der Waals surface area (Å²) in [6.07, 6.45) is 3.15. The first-order valence-electron chi connectivity index (χ1n) is 7.32. The molecule has 2 fully saturated rings. The topological polar surface area (TPSA) is 49.4 Å². The minimum absolute atomic E-state index is 0. The van der Waals surface area contributed by atoms with Gasteiger partial charge in [-0.3, -0.25) is 9.59 Å². The molecule has 1 amide bonds. The molecule has 2 aliphatic rings. The molecule has 2 heterocycles. The Morgan fingerprint density at radius 2 is 1.76 bits per heavy atom. The standard InChI is InChI=1S/C16H20N2O2.ClH/c1-11(19)14-4-2-3-5-15(14)16(20)18-12-6-7-13(18)10-17-9-8-12;/h2-5,12-13,17H,6-10H2,1H3;1H. The predicted octanol–water partition coefficient (Wildman–Crippen LogP) is 2.28. The summed E-state index contributed by atoms with van der Waals surface area (Å²) in [5, 5.41) is 3.39. The van der Waals surface area contributed by atoms with Crippen LogP contribution in [0.25, 0.3) is 0 Å². The van der Waals surface area contributed by atoms with Gasteiger partial charge < -0.3 is 10.2 Å². The average Bonchev–Trinajstić information content (AvgIpc) is 2.71. The zero-order valence-corrected chi connectivity index (χ0v) is 13.0. The van der Waals surface area contributed by atoms with Gasteiger partial charge in [-0.25, -0.2) is 0 Å². The molecule has 21 heavy (non-hydrogen) atoms. The number of hydrogen-bond acceptors (Lipinski definition) is 3. The van der Waals surface area contributed by atoms with E-state index in [2.05, 4.69) is 5.32 Å². The highest BCUT2D eigenvalue weighted by Crippen LogP contribution is 2.30. The van der Waals surface area contributed by atoms with E-state index in [1.54, 1.807) is 12.1 Å². The molecule has 1 N–H and O–H groups in total. The van der Waals surface area contributed by atoms with Gasteiger partial charge in [-0.05, 0) is 38.8 Å². The lowest BCUT2D eigenvalue weighted by Crippen LogP contribution is -2.43. The highest BCUT2D eigenvalue weighted by Gasteiger charge is 2.38. The molecular formula is C16H21ClN2O2. The van der Waals surface area contributed by atoms with E-state index >= 15 is 0 Å². The van der Waals surface area contributed by atoms with Crippen LogP contribution in [0.15, 0.2) is 24.3 Å². The zero-order valence-electron chi connectivity index (χ0n) is 12.2. The van der Waals surface area contributed by atoms with Crippen molar-refractivity contribution in [1.29, 1.82) is 0 Å². The second-order valence-corrected chi connectivity index (χ2v) is 5.69. The summed E-state index contributed by atoms with van der Waals surface area (Å²) < 4.78 is 0. The largest absolute Gasteiger partial charge is 0.331 e. The molecule has 1 aromatic carbocycles. The lowest BCUT2D eigenvalue weighted by Gasteiger charge is -2.28. The van der Waals surface area contributed by atoms with Crippen LogP contribution in [0.4, 0.5) is 0 Å². The number of halogens is 1. The van der Waals surface area contributed by atoms with Crippen LogP contribution in [-0.2, 0) is 0 Å². The summed E-state index contributed by atoms with van der Waals surface area (Å²) in [4.78, 5) is 26.6. The van der Waals surface area contributed by atoms with Crippen molar-refractivity contribution in [3.05, 3.63) is 35.4 Å². The fourth-order valence-corrected chi connectivity index (χ4v) is 3.43. The number of hydrogen-bond donors (Lipinski definition) is 1. The van der Waals surface area contributed by atoms with Gasteiger partial charge >= 0.3 is 0 Å². The smallest absolute Gasteiger partial charge is 0.255 e. The van der Waals surface area contributed by atoms with Crippen LogP contribution in [0, 0.1) is 0 Å². The van der Waals surface area contributed by atoms with E-state index in [0.29, 0.717) is 17.2 Å². The van der Waals surface area contributed by atoms with Crippen LogP contribution in [0.5, 0.6) is 0 Å². The number of nitrogens with zero attached hydrogens (tertiary/aromatic N) is 1. The van der Waals surface area contributed by atoms with Crippen LogP contribution < -0.4 is 5.32 Å². The van der Waals surface area contributed by atoms with E-state index in [-0.39, 0.29) is 30.1 Å². The first kappa shape index (κ1) is 16.0. The molecule has 114 valence electrons. The number of nitrogens with one attached hydrogen (secondary N) is 1. The third-order valence-corrected chi connectivity index (χ3v) is 4.43. The monoisotopic (exact) mass is 308 g/mol.